The molecule has 0 radical (unpaired) electrons. The number of nitrogens with zero attached hydrogens (tertiary/aromatic N) is 4. The molecule has 2 atom stereocenters. The number of aromatic nitrogens is 3. The fourth-order valence-electron chi connectivity index (χ4n) is 6.37. The van der Waals surface area contributed by atoms with Gasteiger partial charge >= 0.3 is 0 Å². The smallest absolute Gasteiger partial charge is 0.289 e. The van der Waals surface area contributed by atoms with Crippen molar-refractivity contribution in [2.75, 3.05) is 12.4 Å². The van der Waals surface area contributed by atoms with Crippen LogP contribution in [-0.4, -0.2) is 21.8 Å². The summed E-state index contributed by atoms with van der Waals surface area (Å²) >= 11 is 0. The maximum absolute atomic E-state index is 15.3. The molecular formula is C36H33F7N6. The number of halogens is 7. The number of pyridine rings is 1. The van der Waals surface area contributed by atoms with E-state index in [0.29, 0.717) is 28.6 Å². The Labute approximate surface area is 279 Å². The molecule has 1 aliphatic rings. The summed E-state index contributed by atoms with van der Waals surface area (Å²) < 4.78 is 103. The Hall–Kier alpha value is -5.12. The second kappa shape index (κ2) is 14.2. The van der Waals surface area contributed by atoms with Crippen LogP contribution in [0, 0.1) is 34.7 Å². The Balaban J connectivity index is 1.63. The second-order valence-corrected chi connectivity index (χ2v) is 12.1. The highest BCUT2D eigenvalue weighted by molar-refractivity contribution is 5.72. The van der Waals surface area contributed by atoms with Gasteiger partial charge in [0.2, 0.25) is 0 Å². The van der Waals surface area contributed by atoms with Crippen molar-refractivity contribution >= 4 is 5.69 Å². The SMILES string of the molecule is C=CCc1nc(C(Cc2cc(F)cc(F)c2)NC(=C)Cn2nc(C(F)F)c3c2C(F)(F)CC(C)C3)c(-c2ccc(C#N)c(F)c2)cc1NC. The molecular weight excluding hydrogens is 649 g/mol. The fourth-order valence-corrected chi connectivity index (χ4v) is 6.37. The first-order chi connectivity index (χ1) is 23.2. The van der Waals surface area contributed by atoms with Crippen molar-refractivity contribution in [1.29, 1.82) is 5.26 Å². The van der Waals surface area contributed by atoms with E-state index in [-0.39, 0.29) is 47.3 Å². The van der Waals surface area contributed by atoms with E-state index in [1.54, 1.807) is 32.2 Å². The summed E-state index contributed by atoms with van der Waals surface area (Å²) in [6, 6.07) is 9.43. The Morgan fingerprint density at radius 2 is 1.84 bits per heavy atom. The van der Waals surface area contributed by atoms with Crippen molar-refractivity contribution in [1.82, 2.24) is 20.1 Å². The summed E-state index contributed by atoms with van der Waals surface area (Å²) in [5.74, 6) is -6.44. The van der Waals surface area contributed by atoms with E-state index in [9.17, 15) is 27.2 Å². The number of allylic oxidation sites excluding steroid dienone is 2. The zero-order valence-electron chi connectivity index (χ0n) is 26.7. The van der Waals surface area contributed by atoms with Crippen LogP contribution in [0.5, 0.6) is 0 Å². The number of nitrogens with one attached hydrogen (secondary N) is 2. The van der Waals surface area contributed by atoms with Gasteiger partial charge in [-0.15, -0.1) is 6.58 Å². The van der Waals surface area contributed by atoms with Crippen LogP contribution in [0.2, 0.25) is 0 Å². The summed E-state index contributed by atoms with van der Waals surface area (Å²) in [7, 11) is 1.66. The lowest BCUT2D eigenvalue weighted by Gasteiger charge is -2.29. The Morgan fingerprint density at radius 3 is 2.45 bits per heavy atom. The van der Waals surface area contributed by atoms with Gasteiger partial charge in [0.05, 0.1) is 35.2 Å². The van der Waals surface area contributed by atoms with Crippen LogP contribution in [0.15, 0.2) is 67.4 Å². The third-order valence-electron chi connectivity index (χ3n) is 8.34. The molecule has 0 spiro atoms. The first-order valence-electron chi connectivity index (χ1n) is 15.4. The molecule has 2 aromatic carbocycles. The number of alkyl halides is 4. The number of rotatable bonds is 12. The van der Waals surface area contributed by atoms with Crippen LogP contribution in [0.25, 0.3) is 11.1 Å². The van der Waals surface area contributed by atoms with Gasteiger partial charge in [0.15, 0.2) is 0 Å². The normalized spacial score (nSPS) is 15.7. The first-order valence-corrected chi connectivity index (χ1v) is 15.4. The zero-order valence-corrected chi connectivity index (χ0v) is 26.7. The Kier molecular flexibility index (Phi) is 10.2. The van der Waals surface area contributed by atoms with Crippen molar-refractivity contribution in [3.8, 4) is 17.2 Å². The average Bonchev–Trinajstić information content (AvgIpc) is 3.38. The fraction of sp³-hybridized carbons (Fsp3) is 0.306. The minimum absolute atomic E-state index is 0.0105. The van der Waals surface area contributed by atoms with E-state index < -0.39 is 66.1 Å². The highest BCUT2D eigenvalue weighted by atomic mass is 19.3. The molecule has 4 aromatic rings. The Bertz CT molecular complexity index is 1920. The molecule has 2 aromatic heterocycles. The molecule has 13 heteroatoms. The van der Waals surface area contributed by atoms with Gasteiger partial charge in [0.25, 0.3) is 12.3 Å². The van der Waals surface area contributed by atoms with Gasteiger partial charge in [-0.3, -0.25) is 9.67 Å². The second-order valence-electron chi connectivity index (χ2n) is 12.1. The monoisotopic (exact) mass is 682 g/mol. The van der Waals surface area contributed by atoms with E-state index in [1.807, 2.05) is 0 Å². The van der Waals surface area contributed by atoms with Crippen molar-refractivity contribution in [3.63, 3.8) is 0 Å². The molecule has 0 saturated heterocycles. The van der Waals surface area contributed by atoms with Gasteiger partial charge in [-0.1, -0.05) is 25.6 Å². The molecule has 2 heterocycles. The topological polar surface area (TPSA) is 78.6 Å². The Morgan fingerprint density at radius 1 is 1.12 bits per heavy atom. The molecule has 0 amide bonds. The molecule has 0 bridgehead atoms. The van der Waals surface area contributed by atoms with Crippen LogP contribution in [-0.2, 0) is 31.7 Å². The lowest BCUT2D eigenvalue weighted by molar-refractivity contribution is -0.0433. The predicted octanol–water partition coefficient (Wildman–Crippen LogP) is 8.70. The third-order valence-corrected chi connectivity index (χ3v) is 8.34. The lowest BCUT2D eigenvalue weighted by Crippen LogP contribution is -2.31. The highest BCUT2D eigenvalue weighted by Gasteiger charge is 2.46. The summed E-state index contributed by atoms with van der Waals surface area (Å²) in [5.41, 5.74) is 0.593. The van der Waals surface area contributed by atoms with Crippen molar-refractivity contribution < 1.29 is 30.7 Å². The van der Waals surface area contributed by atoms with Crippen LogP contribution in [0.1, 0.15) is 65.3 Å². The molecule has 0 fully saturated rings. The van der Waals surface area contributed by atoms with Crippen LogP contribution < -0.4 is 10.6 Å². The molecule has 2 N–H and O–H groups in total. The van der Waals surface area contributed by atoms with E-state index >= 15 is 8.78 Å². The zero-order chi connectivity index (χ0) is 35.6. The summed E-state index contributed by atoms with van der Waals surface area (Å²) in [6.07, 6.45) is -1.83. The number of anilines is 1. The summed E-state index contributed by atoms with van der Waals surface area (Å²) in [6.45, 7) is 8.89. The van der Waals surface area contributed by atoms with E-state index in [0.717, 1.165) is 22.9 Å². The predicted molar refractivity (Wildman–Crippen MR) is 171 cm³/mol. The molecule has 0 aliphatic heterocycles. The number of benzene rings is 2. The third kappa shape index (κ3) is 7.48. The van der Waals surface area contributed by atoms with Crippen LogP contribution in [0.4, 0.5) is 36.4 Å². The number of nitriles is 1. The minimum Gasteiger partial charge on any atom is -0.387 e. The molecule has 2 unspecified atom stereocenters. The van der Waals surface area contributed by atoms with E-state index in [4.69, 9.17) is 4.98 Å². The first kappa shape index (κ1) is 35.2. The van der Waals surface area contributed by atoms with Gasteiger partial charge in [-0.2, -0.15) is 19.1 Å². The number of hydrogen-bond acceptors (Lipinski definition) is 5. The van der Waals surface area contributed by atoms with Gasteiger partial charge < -0.3 is 10.6 Å². The van der Waals surface area contributed by atoms with Gasteiger partial charge in [0, 0.05) is 42.8 Å². The average molecular weight is 683 g/mol. The van der Waals surface area contributed by atoms with Crippen molar-refractivity contribution in [3.05, 3.63) is 124 Å². The maximum Gasteiger partial charge on any atom is 0.289 e. The van der Waals surface area contributed by atoms with Gasteiger partial charge in [-0.25, -0.2) is 22.0 Å². The minimum atomic E-state index is -3.43. The summed E-state index contributed by atoms with van der Waals surface area (Å²) in [5, 5.41) is 19.3. The quantitative estimate of drug-likeness (QED) is 0.116. The standard InChI is InChI=1S/C36H33F7N6/c1-5-6-29-30(45-4)15-26(22-7-8-23(17-44)28(39)13-22)32(47-29)31(12-21-10-24(37)14-25(38)11-21)46-20(3)18-49-34-27(33(48-49)35(40)41)9-19(2)16-36(34,42)43/h5,7-8,10-11,13-15,19,31,35,45-46H,1,3,6,9,12,16,18H2,2,4H3. The molecule has 5 rings (SSSR count). The lowest BCUT2D eigenvalue weighted by atomic mass is 9.85. The summed E-state index contributed by atoms with van der Waals surface area (Å²) in [4.78, 5) is 4.86. The van der Waals surface area contributed by atoms with Gasteiger partial charge in [-0.05, 0) is 60.2 Å². The molecule has 1 aliphatic carbocycles. The molecule has 6 nitrogen and oxygen atoms in total. The van der Waals surface area contributed by atoms with Gasteiger partial charge in [0.1, 0.15) is 34.9 Å². The largest absolute Gasteiger partial charge is 0.387 e. The molecule has 49 heavy (non-hydrogen) atoms. The molecule has 256 valence electrons. The highest BCUT2D eigenvalue weighted by Crippen LogP contribution is 2.45. The molecule has 0 saturated carbocycles. The van der Waals surface area contributed by atoms with Crippen LogP contribution >= 0.6 is 0 Å². The van der Waals surface area contributed by atoms with Crippen molar-refractivity contribution in [2.24, 2.45) is 5.92 Å². The number of hydrogen-bond donors (Lipinski definition) is 2. The number of fused-ring (bicyclic) bond motifs is 1. The van der Waals surface area contributed by atoms with Crippen LogP contribution in [0.3, 0.4) is 0 Å². The van der Waals surface area contributed by atoms with E-state index in [2.05, 4.69) is 28.9 Å². The maximum atomic E-state index is 15.3. The van der Waals surface area contributed by atoms with E-state index in [1.165, 1.54) is 12.1 Å². The van der Waals surface area contributed by atoms with Crippen molar-refractivity contribution in [2.45, 2.75) is 57.5 Å².